The van der Waals surface area contributed by atoms with Crippen molar-refractivity contribution in [1.82, 2.24) is 10.2 Å². The van der Waals surface area contributed by atoms with Crippen LogP contribution in [-0.2, 0) is 23.2 Å². The molecule has 33 heavy (non-hydrogen) atoms. The molecule has 2 aromatic carbocycles. The number of hydrogen-bond donors (Lipinski definition) is 2. The zero-order valence-corrected chi connectivity index (χ0v) is 18.9. The van der Waals surface area contributed by atoms with Gasteiger partial charge in [0.15, 0.2) is 5.72 Å². The van der Waals surface area contributed by atoms with E-state index in [1.54, 1.807) is 6.07 Å². The van der Waals surface area contributed by atoms with E-state index in [2.05, 4.69) is 10.2 Å². The van der Waals surface area contributed by atoms with Gasteiger partial charge in [-0.1, -0.05) is 61.7 Å². The van der Waals surface area contributed by atoms with Gasteiger partial charge in [0.05, 0.1) is 17.8 Å². The molecule has 2 aromatic rings. The Hall–Kier alpha value is -1.93. The number of alkyl halides is 3. The zero-order chi connectivity index (χ0) is 23.4. The molecular weight excluding hydrogens is 429 g/mol. The quantitative estimate of drug-likeness (QED) is 0.603. The van der Waals surface area contributed by atoms with Gasteiger partial charge in [-0.3, -0.25) is 4.90 Å². The number of nitrogens with zero attached hydrogens (tertiary/aromatic N) is 1. The summed E-state index contributed by atoms with van der Waals surface area (Å²) in [5.41, 5.74) is -1.44. The normalized spacial score (nSPS) is 21.5. The Morgan fingerprint density at radius 2 is 1.58 bits per heavy atom. The summed E-state index contributed by atoms with van der Waals surface area (Å²) in [6.07, 6.45) is -0.0499. The lowest BCUT2D eigenvalue weighted by Gasteiger charge is -2.50. The monoisotopic (exact) mass is 462 g/mol. The molecule has 2 N–H and O–H groups in total. The third-order valence-corrected chi connectivity index (χ3v) is 6.94. The molecule has 4 nitrogen and oxygen atoms in total. The van der Waals surface area contributed by atoms with Gasteiger partial charge in [0.25, 0.3) is 0 Å². The van der Waals surface area contributed by atoms with Crippen LogP contribution in [0, 0.1) is 0 Å². The minimum atomic E-state index is -4.45. The SMILES string of the molecule is OC1(CC(OCc2ccccc2)(c2cccc(C(F)(F)F)c2)N2CCNCC2)CCCCC1. The van der Waals surface area contributed by atoms with Gasteiger partial charge in [0.1, 0.15) is 0 Å². The molecule has 0 radical (unpaired) electrons. The first-order valence-electron chi connectivity index (χ1n) is 11.8. The summed E-state index contributed by atoms with van der Waals surface area (Å²) in [4.78, 5) is 2.12. The number of benzene rings is 2. The van der Waals surface area contributed by atoms with Gasteiger partial charge in [-0.05, 0) is 36.1 Å². The summed E-state index contributed by atoms with van der Waals surface area (Å²) >= 11 is 0. The molecule has 2 fully saturated rings. The first-order chi connectivity index (χ1) is 15.8. The van der Waals surface area contributed by atoms with Crippen molar-refractivity contribution in [2.75, 3.05) is 26.2 Å². The van der Waals surface area contributed by atoms with E-state index in [9.17, 15) is 18.3 Å². The fourth-order valence-electron chi connectivity index (χ4n) is 5.20. The molecule has 1 aliphatic heterocycles. The Morgan fingerprint density at radius 1 is 0.909 bits per heavy atom. The summed E-state index contributed by atoms with van der Waals surface area (Å²) in [5, 5.41) is 14.9. The Labute approximate surface area is 193 Å². The highest BCUT2D eigenvalue weighted by Gasteiger charge is 2.48. The maximum absolute atomic E-state index is 13.7. The molecule has 180 valence electrons. The van der Waals surface area contributed by atoms with Crippen LogP contribution in [-0.4, -0.2) is 41.8 Å². The molecule has 1 aliphatic carbocycles. The van der Waals surface area contributed by atoms with Crippen LogP contribution in [0.5, 0.6) is 0 Å². The van der Waals surface area contributed by atoms with Gasteiger partial charge >= 0.3 is 6.18 Å². The van der Waals surface area contributed by atoms with Crippen molar-refractivity contribution < 1.29 is 23.0 Å². The molecule has 0 bridgehead atoms. The highest BCUT2D eigenvalue weighted by Crippen LogP contribution is 2.45. The first-order valence-corrected chi connectivity index (χ1v) is 11.8. The fourth-order valence-corrected chi connectivity index (χ4v) is 5.20. The molecule has 1 unspecified atom stereocenters. The Kier molecular flexibility index (Phi) is 7.43. The number of aliphatic hydroxyl groups is 1. The second kappa shape index (κ2) is 10.1. The number of ether oxygens (including phenoxy) is 1. The number of piperazine rings is 1. The van der Waals surface area contributed by atoms with E-state index < -0.39 is 23.1 Å². The van der Waals surface area contributed by atoms with Crippen LogP contribution in [0.3, 0.4) is 0 Å². The van der Waals surface area contributed by atoms with Crippen molar-refractivity contribution in [2.45, 2.75) is 62.6 Å². The van der Waals surface area contributed by atoms with Crippen LogP contribution < -0.4 is 5.32 Å². The van der Waals surface area contributed by atoms with E-state index in [-0.39, 0.29) is 13.0 Å². The van der Waals surface area contributed by atoms with Crippen molar-refractivity contribution in [3.8, 4) is 0 Å². The van der Waals surface area contributed by atoms with Crippen molar-refractivity contribution in [3.05, 3.63) is 71.3 Å². The van der Waals surface area contributed by atoms with Crippen LogP contribution in [0.1, 0.15) is 55.2 Å². The lowest BCUT2D eigenvalue weighted by Crippen LogP contribution is -2.58. The molecule has 0 amide bonds. The minimum Gasteiger partial charge on any atom is -0.390 e. The molecule has 4 rings (SSSR count). The van der Waals surface area contributed by atoms with Gasteiger partial charge in [0, 0.05) is 32.6 Å². The summed E-state index contributed by atoms with van der Waals surface area (Å²) in [6.45, 7) is 2.93. The smallest absolute Gasteiger partial charge is 0.390 e. The molecule has 1 saturated carbocycles. The number of halogens is 3. The van der Waals surface area contributed by atoms with Crippen LogP contribution in [0.2, 0.25) is 0 Å². The predicted molar refractivity (Wildman–Crippen MR) is 121 cm³/mol. The third kappa shape index (κ3) is 5.77. The van der Waals surface area contributed by atoms with E-state index in [0.29, 0.717) is 44.6 Å². The lowest BCUT2D eigenvalue weighted by molar-refractivity contribution is -0.213. The number of rotatable bonds is 7. The highest BCUT2D eigenvalue weighted by molar-refractivity contribution is 5.31. The van der Waals surface area contributed by atoms with Crippen LogP contribution >= 0.6 is 0 Å². The van der Waals surface area contributed by atoms with Crippen LogP contribution in [0.4, 0.5) is 13.2 Å². The van der Waals surface area contributed by atoms with Gasteiger partial charge in [0.2, 0.25) is 0 Å². The largest absolute Gasteiger partial charge is 0.416 e. The van der Waals surface area contributed by atoms with Gasteiger partial charge in [-0.2, -0.15) is 13.2 Å². The molecule has 7 heteroatoms. The van der Waals surface area contributed by atoms with Gasteiger partial charge < -0.3 is 15.2 Å². The molecule has 1 saturated heterocycles. The van der Waals surface area contributed by atoms with Gasteiger partial charge in [-0.15, -0.1) is 0 Å². The van der Waals surface area contributed by atoms with Crippen molar-refractivity contribution in [3.63, 3.8) is 0 Å². The number of hydrogen-bond acceptors (Lipinski definition) is 4. The van der Waals surface area contributed by atoms with Crippen LogP contribution in [0.15, 0.2) is 54.6 Å². The Morgan fingerprint density at radius 3 is 2.24 bits per heavy atom. The predicted octanol–water partition coefficient (Wildman–Crippen LogP) is 5.07. The standard InChI is InChI=1S/C26H33F3N2O2/c27-26(28,29)23-11-7-10-22(18-23)25(31-16-14-30-15-17-31,20-24(32)12-5-2-6-13-24)33-19-21-8-3-1-4-9-21/h1,3-4,7-11,18,30,32H,2,5-6,12-17,19-20H2. The molecule has 1 atom stereocenters. The first kappa shape index (κ1) is 24.2. The second-order valence-corrected chi connectivity index (χ2v) is 9.34. The summed E-state index contributed by atoms with van der Waals surface area (Å²) in [5.74, 6) is 0. The fraction of sp³-hybridized carbons (Fsp3) is 0.538. The molecule has 2 aliphatic rings. The molecule has 0 spiro atoms. The van der Waals surface area contributed by atoms with Crippen LogP contribution in [0.25, 0.3) is 0 Å². The Bertz CT molecular complexity index is 894. The third-order valence-electron chi connectivity index (χ3n) is 6.94. The van der Waals surface area contributed by atoms with E-state index >= 15 is 0 Å². The van der Waals surface area contributed by atoms with E-state index in [1.807, 2.05) is 30.3 Å². The molecule has 1 heterocycles. The van der Waals surface area contributed by atoms with Crippen molar-refractivity contribution in [1.29, 1.82) is 0 Å². The van der Waals surface area contributed by atoms with E-state index in [0.717, 1.165) is 30.9 Å². The van der Waals surface area contributed by atoms with Crippen molar-refractivity contribution >= 4 is 0 Å². The maximum Gasteiger partial charge on any atom is 0.416 e. The Balaban J connectivity index is 1.79. The molecular formula is C26H33F3N2O2. The summed E-state index contributed by atoms with van der Waals surface area (Å²) in [7, 11) is 0. The van der Waals surface area contributed by atoms with E-state index in [1.165, 1.54) is 12.1 Å². The molecule has 0 aromatic heterocycles. The lowest BCUT2D eigenvalue weighted by atomic mass is 9.77. The minimum absolute atomic E-state index is 0.244. The van der Waals surface area contributed by atoms with Gasteiger partial charge in [-0.25, -0.2) is 0 Å². The van der Waals surface area contributed by atoms with Crippen molar-refractivity contribution in [2.24, 2.45) is 0 Å². The average molecular weight is 463 g/mol. The van der Waals surface area contributed by atoms with E-state index in [4.69, 9.17) is 4.74 Å². The maximum atomic E-state index is 13.7. The second-order valence-electron chi connectivity index (χ2n) is 9.34. The zero-order valence-electron chi connectivity index (χ0n) is 18.9. The highest BCUT2D eigenvalue weighted by atomic mass is 19.4. The number of nitrogens with one attached hydrogen (secondary N) is 1. The average Bonchev–Trinajstić information content (AvgIpc) is 2.83. The summed E-state index contributed by atoms with van der Waals surface area (Å²) in [6, 6.07) is 15.1. The summed E-state index contributed by atoms with van der Waals surface area (Å²) < 4.78 is 47.7. The topological polar surface area (TPSA) is 44.7 Å².